The normalized spacial score (nSPS) is 10.8. The Hall–Kier alpha value is -2.14. The number of nitro benzene ring substituents is 1. The van der Waals surface area contributed by atoms with Crippen LogP contribution in [0.2, 0.25) is 0 Å². The number of hydrogen-bond donors (Lipinski definition) is 0. The van der Waals surface area contributed by atoms with Crippen LogP contribution in [0.1, 0.15) is 19.4 Å². The maximum Gasteiger partial charge on any atom is 0.530 e. The summed E-state index contributed by atoms with van der Waals surface area (Å²) >= 11 is 0. The number of nitriles is 1. The van der Waals surface area contributed by atoms with Crippen LogP contribution >= 0.6 is 7.82 Å². The molecular formula is C12H15N2O7P. The van der Waals surface area contributed by atoms with E-state index in [4.69, 9.17) is 23.6 Å². The van der Waals surface area contributed by atoms with Crippen molar-refractivity contribution in [1.82, 2.24) is 0 Å². The first-order valence-electron chi connectivity index (χ1n) is 6.26. The fourth-order valence-electron chi connectivity index (χ4n) is 1.54. The van der Waals surface area contributed by atoms with Gasteiger partial charge >= 0.3 is 7.82 Å². The molecule has 9 nitrogen and oxygen atoms in total. The molecule has 1 aromatic rings. The number of phosphoric ester groups is 1. The molecule has 0 spiro atoms. The molecule has 0 saturated carbocycles. The van der Waals surface area contributed by atoms with Crippen LogP contribution in [0.25, 0.3) is 0 Å². The first-order chi connectivity index (χ1) is 10.4. The van der Waals surface area contributed by atoms with Gasteiger partial charge in [0.2, 0.25) is 0 Å². The van der Waals surface area contributed by atoms with E-state index in [1.807, 2.05) is 0 Å². The van der Waals surface area contributed by atoms with Gasteiger partial charge in [0.15, 0.2) is 11.5 Å². The summed E-state index contributed by atoms with van der Waals surface area (Å²) in [6, 6.07) is 3.77. The van der Waals surface area contributed by atoms with Crippen LogP contribution in [0, 0.1) is 21.4 Å². The zero-order valence-corrected chi connectivity index (χ0v) is 13.2. The Bertz CT molecular complexity index is 631. The van der Waals surface area contributed by atoms with E-state index in [1.165, 1.54) is 7.11 Å². The highest BCUT2D eigenvalue weighted by atomic mass is 31.2. The molecule has 0 saturated heterocycles. The lowest BCUT2D eigenvalue weighted by Crippen LogP contribution is -2.05. The van der Waals surface area contributed by atoms with Crippen molar-refractivity contribution in [3.8, 4) is 17.6 Å². The van der Waals surface area contributed by atoms with E-state index in [-0.39, 0.29) is 36.0 Å². The molecular weight excluding hydrogens is 315 g/mol. The Balaban J connectivity index is 3.36. The van der Waals surface area contributed by atoms with Crippen LogP contribution in [0.5, 0.6) is 11.5 Å². The molecule has 0 amide bonds. The zero-order valence-electron chi connectivity index (χ0n) is 12.3. The number of phosphoric acid groups is 1. The van der Waals surface area contributed by atoms with E-state index >= 15 is 0 Å². The van der Waals surface area contributed by atoms with Gasteiger partial charge in [0.25, 0.3) is 5.69 Å². The van der Waals surface area contributed by atoms with Crippen LogP contribution in [0.15, 0.2) is 12.1 Å². The average molecular weight is 330 g/mol. The van der Waals surface area contributed by atoms with Gasteiger partial charge in [-0.15, -0.1) is 0 Å². The van der Waals surface area contributed by atoms with Gasteiger partial charge in [0.05, 0.1) is 31.3 Å². The summed E-state index contributed by atoms with van der Waals surface area (Å²) in [4.78, 5) is 10.2. The number of non-ortho nitro benzene ring substituents is 1. The highest BCUT2D eigenvalue weighted by Gasteiger charge is 2.31. The maximum atomic E-state index is 12.4. The topological polar surface area (TPSA) is 121 Å². The standard InChI is InChI=1S/C12H15N2O7P/c1-4-19-22(17,20-5-2)21-12-9(8-13)6-10(14(15)16)7-11(12)18-3/h6-7H,4-5H2,1-3H3. The van der Waals surface area contributed by atoms with Gasteiger partial charge in [-0.3, -0.25) is 19.2 Å². The number of benzene rings is 1. The third-order valence-electron chi connectivity index (χ3n) is 2.37. The van der Waals surface area contributed by atoms with Gasteiger partial charge in [0.1, 0.15) is 11.6 Å². The zero-order chi connectivity index (χ0) is 16.8. The lowest BCUT2D eigenvalue weighted by atomic mass is 10.2. The second-order valence-electron chi connectivity index (χ2n) is 3.77. The molecule has 0 aromatic heterocycles. The fourth-order valence-corrected chi connectivity index (χ4v) is 2.76. The Morgan fingerprint density at radius 1 is 1.32 bits per heavy atom. The Labute approximate surface area is 127 Å². The molecule has 0 aliphatic carbocycles. The summed E-state index contributed by atoms with van der Waals surface area (Å²) in [6.45, 7) is 3.28. The van der Waals surface area contributed by atoms with Gasteiger partial charge in [0, 0.05) is 6.07 Å². The molecule has 0 heterocycles. The Kier molecular flexibility index (Phi) is 6.31. The first kappa shape index (κ1) is 17.9. The van der Waals surface area contributed by atoms with E-state index in [1.54, 1.807) is 19.9 Å². The highest BCUT2D eigenvalue weighted by molar-refractivity contribution is 7.48. The SMILES string of the molecule is CCOP(=O)(OCC)Oc1c(C#N)cc([N+](=O)[O-])cc1OC. The number of ether oxygens (including phenoxy) is 1. The third-order valence-corrected chi connectivity index (χ3v) is 3.92. The van der Waals surface area contributed by atoms with Gasteiger partial charge in [-0.1, -0.05) is 0 Å². The van der Waals surface area contributed by atoms with Crippen molar-refractivity contribution in [3.63, 3.8) is 0 Å². The molecule has 120 valence electrons. The Morgan fingerprint density at radius 2 is 1.91 bits per heavy atom. The van der Waals surface area contributed by atoms with Gasteiger partial charge < -0.3 is 9.26 Å². The second-order valence-corrected chi connectivity index (χ2v) is 5.36. The van der Waals surface area contributed by atoms with E-state index < -0.39 is 12.7 Å². The van der Waals surface area contributed by atoms with Crippen molar-refractivity contribution in [2.45, 2.75) is 13.8 Å². The second kappa shape index (κ2) is 7.75. The van der Waals surface area contributed by atoms with Crippen molar-refractivity contribution in [1.29, 1.82) is 5.26 Å². The smallest absolute Gasteiger partial charge is 0.493 e. The number of methoxy groups -OCH3 is 1. The van der Waals surface area contributed by atoms with E-state index in [0.717, 1.165) is 12.1 Å². The average Bonchev–Trinajstić information content (AvgIpc) is 2.47. The molecule has 0 radical (unpaired) electrons. The summed E-state index contributed by atoms with van der Waals surface area (Å²) in [5.41, 5.74) is -0.575. The van der Waals surface area contributed by atoms with Crippen molar-refractivity contribution in [3.05, 3.63) is 27.8 Å². The summed E-state index contributed by atoms with van der Waals surface area (Å²) in [6.07, 6.45) is 0. The summed E-state index contributed by atoms with van der Waals surface area (Å²) < 4.78 is 32.5. The molecule has 10 heteroatoms. The number of hydrogen-bond acceptors (Lipinski definition) is 8. The van der Waals surface area contributed by atoms with Gasteiger partial charge in [-0.05, 0) is 13.8 Å². The van der Waals surface area contributed by atoms with Gasteiger partial charge in [-0.25, -0.2) is 4.57 Å². The minimum Gasteiger partial charge on any atom is -0.493 e. The lowest BCUT2D eigenvalue weighted by molar-refractivity contribution is -0.385. The molecule has 0 N–H and O–H groups in total. The van der Waals surface area contributed by atoms with Crippen molar-refractivity contribution >= 4 is 13.5 Å². The first-order valence-corrected chi connectivity index (χ1v) is 7.72. The van der Waals surface area contributed by atoms with Crippen LogP contribution in [-0.2, 0) is 13.6 Å². The van der Waals surface area contributed by atoms with Crippen molar-refractivity contribution < 1.29 is 27.8 Å². The number of nitro groups is 1. The van der Waals surface area contributed by atoms with Crippen LogP contribution in [-0.4, -0.2) is 25.2 Å². The molecule has 0 unspecified atom stereocenters. The number of nitrogens with zero attached hydrogens (tertiary/aromatic N) is 2. The van der Waals surface area contributed by atoms with Crippen LogP contribution in [0.4, 0.5) is 5.69 Å². The summed E-state index contributed by atoms with van der Waals surface area (Å²) in [5, 5.41) is 20.0. The van der Waals surface area contributed by atoms with Crippen LogP contribution < -0.4 is 9.26 Å². The molecule has 22 heavy (non-hydrogen) atoms. The van der Waals surface area contributed by atoms with E-state index in [0.29, 0.717) is 0 Å². The molecule has 0 atom stereocenters. The maximum absolute atomic E-state index is 12.4. The molecule has 0 fully saturated rings. The largest absolute Gasteiger partial charge is 0.530 e. The lowest BCUT2D eigenvalue weighted by Gasteiger charge is -2.19. The van der Waals surface area contributed by atoms with Crippen molar-refractivity contribution in [2.75, 3.05) is 20.3 Å². The number of rotatable bonds is 8. The highest BCUT2D eigenvalue weighted by Crippen LogP contribution is 2.52. The summed E-state index contributed by atoms with van der Waals surface area (Å²) in [7, 11) is -2.73. The third kappa shape index (κ3) is 4.18. The molecule has 0 aliphatic heterocycles. The van der Waals surface area contributed by atoms with E-state index in [2.05, 4.69) is 0 Å². The quantitative estimate of drug-likeness (QED) is 0.405. The minimum atomic E-state index is -3.96. The predicted molar refractivity (Wildman–Crippen MR) is 75.8 cm³/mol. The summed E-state index contributed by atoms with van der Waals surface area (Å²) in [5.74, 6) is -0.355. The molecule has 0 aliphatic rings. The fraction of sp³-hybridized carbons (Fsp3) is 0.417. The minimum absolute atomic E-state index is 0.0501. The monoisotopic (exact) mass is 330 g/mol. The van der Waals surface area contributed by atoms with E-state index in [9.17, 15) is 14.7 Å². The molecule has 0 bridgehead atoms. The van der Waals surface area contributed by atoms with Gasteiger partial charge in [-0.2, -0.15) is 5.26 Å². The molecule has 1 rings (SSSR count). The molecule has 1 aromatic carbocycles. The van der Waals surface area contributed by atoms with Crippen LogP contribution in [0.3, 0.4) is 0 Å². The Morgan fingerprint density at radius 3 is 2.32 bits per heavy atom. The van der Waals surface area contributed by atoms with Crippen molar-refractivity contribution in [2.24, 2.45) is 0 Å². The predicted octanol–water partition coefficient (Wildman–Crippen LogP) is 3.03.